The Morgan fingerprint density at radius 2 is 2.18 bits per heavy atom. The zero-order valence-corrected chi connectivity index (χ0v) is 9.48. The number of carbonyl (C=O) groups is 1. The van der Waals surface area contributed by atoms with Crippen molar-refractivity contribution in [2.24, 2.45) is 0 Å². The van der Waals surface area contributed by atoms with E-state index in [-0.39, 0.29) is 5.91 Å². The van der Waals surface area contributed by atoms with Gasteiger partial charge >= 0.3 is 0 Å². The van der Waals surface area contributed by atoms with Gasteiger partial charge in [-0.25, -0.2) is 0 Å². The molecule has 0 aliphatic rings. The zero-order valence-electron chi connectivity index (χ0n) is 8.72. The number of benzene rings is 1. The van der Waals surface area contributed by atoms with Crippen LogP contribution in [0.25, 0.3) is 0 Å². The molecule has 0 aliphatic heterocycles. The minimum Gasteiger partial charge on any atom is -0.399 e. The van der Waals surface area contributed by atoms with Crippen LogP contribution < -0.4 is 11.1 Å². The van der Waals surface area contributed by atoms with Gasteiger partial charge in [-0.15, -0.1) is 5.10 Å². The maximum absolute atomic E-state index is 11.8. The van der Waals surface area contributed by atoms with Crippen LogP contribution in [-0.4, -0.2) is 16.1 Å². The summed E-state index contributed by atoms with van der Waals surface area (Å²) < 4.78 is 0. The lowest BCUT2D eigenvalue weighted by Gasteiger charge is -2.05. The fraction of sp³-hybridized carbons (Fsp3) is 0. The van der Waals surface area contributed by atoms with Gasteiger partial charge in [0, 0.05) is 11.9 Å². The number of nitrogens with one attached hydrogen (secondary N) is 1. The number of hydrogen-bond acceptors (Lipinski definition) is 4. The lowest BCUT2D eigenvalue weighted by Crippen LogP contribution is -2.13. The van der Waals surface area contributed by atoms with Crippen molar-refractivity contribution in [2.45, 2.75) is 0 Å². The number of amides is 1. The van der Waals surface area contributed by atoms with Gasteiger partial charge in [0.1, 0.15) is 0 Å². The third-order valence-corrected chi connectivity index (χ3v) is 2.36. The van der Waals surface area contributed by atoms with Crippen molar-refractivity contribution in [1.29, 1.82) is 0 Å². The average molecular weight is 249 g/mol. The number of nitrogen functional groups attached to an aromatic ring is 1. The summed E-state index contributed by atoms with van der Waals surface area (Å²) in [7, 11) is 0. The Labute approximate surface area is 103 Å². The third-order valence-electron chi connectivity index (χ3n) is 2.05. The minimum absolute atomic E-state index is 0.298. The maximum atomic E-state index is 11.8. The first-order valence-electron chi connectivity index (χ1n) is 4.81. The second-order valence-corrected chi connectivity index (χ2v) is 3.71. The molecule has 1 amide bonds. The first-order chi connectivity index (χ1) is 8.16. The van der Waals surface area contributed by atoms with Gasteiger partial charge < -0.3 is 11.1 Å². The highest BCUT2D eigenvalue weighted by molar-refractivity contribution is 6.34. The zero-order chi connectivity index (χ0) is 12.3. The molecular formula is C11H9ClN4O. The normalized spacial score (nSPS) is 9.94. The van der Waals surface area contributed by atoms with E-state index in [4.69, 9.17) is 17.3 Å². The van der Waals surface area contributed by atoms with Crippen molar-refractivity contribution in [1.82, 2.24) is 10.2 Å². The molecule has 0 unspecified atom stereocenters. The van der Waals surface area contributed by atoms with Gasteiger partial charge in [0.25, 0.3) is 5.91 Å². The molecule has 0 bridgehead atoms. The number of anilines is 2. The highest BCUT2D eigenvalue weighted by Gasteiger charge is 2.11. The quantitative estimate of drug-likeness (QED) is 0.796. The molecule has 0 saturated heterocycles. The van der Waals surface area contributed by atoms with Crippen molar-refractivity contribution >= 4 is 29.0 Å². The van der Waals surface area contributed by atoms with E-state index in [1.807, 2.05) is 0 Å². The molecule has 0 radical (unpaired) electrons. The molecule has 5 nitrogen and oxygen atoms in total. The number of nitrogens with zero attached hydrogens (tertiary/aromatic N) is 2. The van der Waals surface area contributed by atoms with E-state index < -0.39 is 0 Å². The second-order valence-electron chi connectivity index (χ2n) is 3.30. The van der Waals surface area contributed by atoms with Gasteiger partial charge in [0.05, 0.1) is 10.6 Å². The monoisotopic (exact) mass is 248 g/mol. The molecule has 86 valence electrons. The summed E-state index contributed by atoms with van der Waals surface area (Å²) in [5, 5.41) is 10.3. The van der Waals surface area contributed by atoms with Crippen LogP contribution in [0, 0.1) is 0 Å². The van der Waals surface area contributed by atoms with Crippen molar-refractivity contribution in [3.8, 4) is 0 Å². The summed E-state index contributed by atoms with van der Waals surface area (Å²) in [4.78, 5) is 11.8. The predicted molar refractivity (Wildman–Crippen MR) is 65.8 cm³/mol. The number of halogens is 1. The minimum atomic E-state index is -0.351. The van der Waals surface area contributed by atoms with E-state index in [9.17, 15) is 4.79 Å². The molecule has 6 heteroatoms. The fourth-order valence-corrected chi connectivity index (χ4v) is 1.54. The van der Waals surface area contributed by atoms with Crippen LogP contribution in [0.3, 0.4) is 0 Å². The van der Waals surface area contributed by atoms with E-state index in [1.54, 1.807) is 24.3 Å². The molecule has 1 aromatic heterocycles. The van der Waals surface area contributed by atoms with E-state index in [0.29, 0.717) is 22.1 Å². The Balaban J connectivity index is 2.21. The number of nitrogens with two attached hydrogens (primary N) is 1. The fourth-order valence-electron chi connectivity index (χ4n) is 1.27. The molecule has 3 N–H and O–H groups in total. The van der Waals surface area contributed by atoms with Crippen LogP contribution in [0.5, 0.6) is 0 Å². The SMILES string of the molecule is Nc1ccc(C(=O)Nc2cccnn2)c(Cl)c1. The molecule has 1 heterocycles. The van der Waals surface area contributed by atoms with Crippen molar-refractivity contribution < 1.29 is 4.79 Å². The Bertz CT molecular complexity index is 544. The van der Waals surface area contributed by atoms with Gasteiger partial charge in [0.2, 0.25) is 0 Å². The summed E-state index contributed by atoms with van der Waals surface area (Å²) in [6, 6.07) is 8.00. The summed E-state index contributed by atoms with van der Waals surface area (Å²) in [5.41, 5.74) is 6.39. The average Bonchev–Trinajstić information content (AvgIpc) is 2.30. The van der Waals surface area contributed by atoms with Gasteiger partial charge in [-0.2, -0.15) is 5.10 Å². The predicted octanol–water partition coefficient (Wildman–Crippen LogP) is 1.96. The van der Waals surface area contributed by atoms with Gasteiger partial charge in [-0.1, -0.05) is 11.6 Å². The Morgan fingerprint density at radius 3 is 2.82 bits per heavy atom. The van der Waals surface area contributed by atoms with Gasteiger partial charge in [0.15, 0.2) is 5.82 Å². The lowest BCUT2D eigenvalue weighted by molar-refractivity contribution is 0.102. The molecule has 0 aliphatic carbocycles. The van der Waals surface area contributed by atoms with E-state index >= 15 is 0 Å². The molecule has 0 saturated carbocycles. The first kappa shape index (κ1) is 11.3. The van der Waals surface area contributed by atoms with Crippen LogP contribution in [0.1, 0.15) is 10.4 Å². The Morgan fingerprint density at radius 1 is 1.35 bits per heavy atom. The number of hydrogen-bond donors (Lipinski definition) is 2. The second kappa shape index (κ2) is 4.80. The highest BCUT2D eigenvalue weighted by Crippen LogP contribution is 2.19. The van der Waals surface area contributed by atoms with Gasteiger partial charge in [-0.05, 0) is 30.3 Å². The van der Waals surface area contributed by atoms with Crippen LogP contribution in [0.15, 0.2) is 36.5 Å². The largest absolute Gasteiger partial charge is 0.399 e. The summed E-state index contributed by atoms with van der Waals surface area (Å²) in [6.07, 6.45) is 1.52. The van der Waals surface area contributed by atoms with Crippen molar-refractivity contribution in [3.05, 3.63) is 47.1 Å². The van der Waals surface area contributed by atoms with E-state index in [0.717, 1.165) is 0 Å². The molecule has 0 atom stereocenters. The van der Waals surface area contributed by atoms with E-state index in [2.05, 4.69) is 15.5 Å². The topological polar surface area (TPSA) is 80.9 Å². The highest BCUT2D eigenvalue weighted by atomic mass is 35.5. The van der Waals surface area contributed by atoms with Crippen molar-refractivity contribution in [2.75, 3.05) is 11.1 Å². The molecule has 2 rings (SSSR count). The molecule has 1 aromatic carbocycles. The summed E-state index contributed by atoms with van der Waals surface area (Å²) in [6.45, 7) is 0. The Kier molecular flexibility index (Phi) is 3.20. The number of rotatable bonds is 2. The first-order valence-corrected chi connectivity index (χ1v) is 5.18. The molecule has 17 heavy (non-hydrogen) atoms. The molecular weight excluding hydrogens is 240 g/mol. The van der Waals surface area contributed by atoms with Crippen LogP contribution in [-0.2, 0) is 0 Å². The smallest absolute Gasteiger partial charge is 0.258 e. The molecule has 0 spiro atoms. The molecule has 0 fully saturated rings. The maximum Gasteiger partial charge on any atom is 0.258 e. The number of aromatic nitrogens is 2. The third kappa shape index (κ3) is 2.70. The lowest BCUT2D eigenvalue weighted by atomic mass is 10.2. The summed E-state index contributed by atoms with van der Waals surface area (Å²) in [5.74, 6) is 0.0147. The van der Waals surface area contributed by atoms with Crippen LogP contribution >= 0.6 is 11.6 Å². The van der Waals surface area contributed by atoms with Gasteiger partial charge in [-0.3, -0.25) is 4.79 Å². The number of carbonyl (C=O) groups excluding carboxylic acids is 1. The van der Waals surface area contributed by atoms with E-state index in [1.165, 1.54) is 12.3 Å². The van der Waals surface area contributed by atoms with Crippen LogP contribution in [0.4, 0.5) is 11.5 Å². The standard InChI is InChI=1S/C11H9ClN4O/c12-9-6-7(13)3-4-8(9)11(17)15-10-2-1-5-14-16-10/h1-6H,13H2,(H,15,16,17). The Hall–Kier alpha value is -2.14. The van der Waals surface area contributed by atoms with Crippen molar-refractivity contribution in [3.63, 3.8) is 0 Å². The summed E-state index contributed by atoms with van der Waals surface area (Å²) >= 11 is 5.91. The van der Waals surface area contributed by atoms with Crippen LogP contribution in [0.2, 0.25) is 5.02 Å². The molecule has 2 aromatic rings.